The Bertz CT molecular complexity index is 3790. The number of hydrogen-bond acceptors (Lipinski definition) is 6. The zero-order chi connectivity index (χ0) is 60.4. The minimum Gasteiger partial charge on any atom is -0.488 e. The van der Waals surface area contributed by atoms with Crippen LogP contribution in [-0.2, 0) is 28.2 Å². The zero-order valence-electron chi connectivity index (χ0n) is 48.0. The van der Waals surface area contributed by atoms with Crippen molar-refractivity contribution < 1.29 is 54.9 Å². The first-order valence-electron chi connectivity index (χ1n) is 29.7. The second-order valence-corrected chi connectivity index (χ2v) is 22.2. The number of benzene rings is 10. The fourth-order valence-corrected chi connectivity index (χ4v) is 12.0. The first kappa shape index (κ1) is 59.7. The Hall–Kier alpha value is -9.04. The summed E-state index contributed by atoms with van der Waals surface area (Å²) in [5, 5.41) is 12.7. The number of hydrogen-bond donors (Lipinski definition) is 2. The summed E-state index contributed by atoms with van der Waals surface area (Å²) in [5.41, 5.74) is -3.28. The standard InChI is InChI=1S/C73H66F6N2O6/c74-72(75,76)71(73(77,78)79)55-35-27-49(28-36-55)45-84-61-39-31-51-19-9-13-23-57(51)67(61)69-59-25-15-11-21-53(59)33-41-63(69)86-47-65(82)80-43-17-7-5-3-1-2-4-6-8-18-44-81-66(83)48-87-64-42-34-54-22-12-16-26-60(54)70(64)68-58-24-14-10-20-52(58)32-40-62(68)85-46-50-29-37-56(71)38-30-50/h9-16,19-42H,1-8,17-18,43-48H2,(H,80,82)(H,81,83). The lowest BCUT2D eigenvalue weighted by atomic mass is 9.72. The molecule has 2 N–H and O–H groups in total. The third-order valence-corrected chi connectivity index (χ3v) is 16.4. The van der Waals surface area contributed by atoms with E-state index in [1.165, 1.54) is 24.3 Å². The summed E-state index contributed by atoms with van der Waals surface area (Å²) in [6.07, 6.45) is -1.48. The second kappa shape index (κ2) is 26.7. The van der Waals surface area contributed by atoms with Gasteiger partial charge in [0.15, 0.2) is 13.2 Å². The molecule has 0 saturated heterocycles. The van der Waals surface area contributed by atoms with Gasteiger partial charge in [-0.1, -0.05) is 221 Å². The van der Waals surface area contributed by atoms with Crippen molar-refractivity contribution >= 4 is 54.9 Å². The smallest absolute Gasteiger partial charge is 0.411 e. The lowest BCUT2D eigenvalue weighted by molar-refractivity contribution is -0.288. The van der Waals surface area contributed by atoms with Crippen molar-refractivity contribution in [1.29, 1.82) is 0 Å². The van der Waals surface area contributed by atoms with E-state index in [4.69, 9.17) is 18.9 Å². The Morgan fingerprint density at radius 2 is 0.575 bits per heavy atom. The molecule has 3 aliphatic heterocycles. The van der Waals surface area contributed by atoms with E-state index >= 15 is 26.3 Å². The maximum atomic E-state index is 15.7. The molecule has 3 aliphatic rings. The molecule has 3 heterocycles. The molecule has 10 aromatic rings. The largest absolute Gasteiger partial charge is 0.488 e. The van der Waals surface area contributed by atoms with Gasteiger partial charge >= 0.3 is 12.4 Å². The van der Waals surface area contributed by atoms with Gasteiger partial charge in [-0.3, -0.25) is 9.59 Å². The number of amides is 2. The van der Waals surface area contributed by atoms with Crippen LogP contribution in [0.4, 0.5) is 26.3 Å². The Balaban J connectivity index is 0.921. The lowest BCUT2D eigenvalue weighted by Crippen LogP contribution is -2.54. The first-order valence-corrected chi connectivity index (χ1v) is 29.7. The maximum absolute atomic E-state index is 15.7. The number of nitrogens with one attached hydrogen (secondary N) is 2. The van der Waals surface area contributed by atoms with Crippen LogP contribution in [0.25, 0.3) is 65.3 Å². The van der Waals surface area contributed by atoms with E-state index in [1.807, 2.05) is 133 Å². The third-order valence-electron chi connectivity index (χ3n) is 16.4. The molecular weight excluding hydrogens is 1110 g/mol. The summed E-state index contributed by atoms with van der Waals surface area (Å²) in [6, 6.07) is 53.8. The normalized spacial score (nSPS) is 15.9. The molecule has 0 radical (unpaired) electrons. The Morgan fingerprint density at radius 3 is 0.862 bits per heavy atom. The lowest BCUT2D eigenvalue weighted by Gasteiger charge is -2.38. The number of alkyl halides is 6. The molecule has 87 heavy (non-hydrogen) atoms. The van der Waals surface area contributed by atoms with E-state index in [0.29, 0.717) is 69.5 Å². The summed E-state index contributed by atoms with van der Waals surface area (Å²) < 4.78 is 120. The molecule has 10 aromatic carbocycles. The summed E-state index contributed by atoms with van der Waals surface area (Å²) in [6.45, 7) is 0.0530. The number of carbonyl (C=O) groups excluding carboxylic acids is 2. The Morgan fingerprint density at radius 1 is 0.310 bits per heavy atom. The maximum Gasteiger partial charge on any atom is 0.411 e. The number of rotatable bonds is 0. The quantitative estimate of drug-likeness (QED) is 0.147. The van der Waals surface area contributed by atoms with E-state index < -0.39 is 28.9 Å². The molecule has 0 fully saturated rings. The predicted octanol–water partition coefficient (Wildman–Crippen LogP) is 18.1. The van der Waals surface area contributed by atoms with Crippen molar-refractivity contribution in [2.45, 2.75) is 95.2 Å². The van der Waals surface area contributed by atoms with Crippen molar-refractivity contribution in [2.24, 2.45) is 0 Å². The van der Waals surface area contributed by atoms with Gasteiger partial charge in [0.25, 0.3) is 11.8 Å². The van der Waals surface area contributed by atoms with Crippen LogP contribution < -0.4 is 29.6 Å². The van der Waals surface area contributed by atoms with Crippen LogP contribution in [-0.4, -0.2) is 50.5 Å². The highest BCUT2D eigenvalue weighted by atomic mass is 19.4. The molecule has 0 saturated carbocycles. The van der Waals surface area contributed by atoms with Gasteiger partial charge in [-0.2, -0.15) is 26.3 Å². The molecule has 8 nitrogen and oxygen atoms in total. The molecule has 0 aliphatic carbocycles. The highest BCUT2D eigenvalue weighted by Gasteiger charge is 2.72. The Labute approximate surface area is 501 Å². The van der Waals surface area contributed by atoms with Crippen LogP contribution >= 0.6 is 0 Å². The SMILES string of the molecule is O=C1COc2ccc3ccccc3c2-c2c(ccc3ccccc23)OCc2ccc(cc2)C(C(F)(F)F)(C(F)(F)F)c2ccc(cc2)COc2ccc3ccccc3c2-c2c(ccc3ccccc23)OCC(=O)NCCCCCCCCCCCCN1. The number of carbonyl (C=O) groups is 2. The van der Waals surface area contributed by atoms with Crippen LogP contribution in [0.2, 0.25) is 0 Å². The topological polar surface area (TPSA) is 95.1 Å². The van der Waals surface area contributed by atoms with Gasteiger partial charge in [-0.25, -0.2) is 0 Å². The fourth-order valence-electron chi connectivity index (χ4n) is 12.0. The van der Waals surface area contributed by atoms with E-state index in [2.05, 4.69) is 10.6 Å². The minimum atomic E-state index is -5.84. The number of ether oxygens (including phenoxy) is 4. The molecule has 2 amide bonds. The van der Waals surface area contributed by atoms with Crippen LogP contribution in [0, 0.1) is 0 Å². The highest BCUT2D eigenvalue weighted by Crippen LogP contribution is 2.56. The van der Waals surface area contributed by atoms with E-state index in [-0.39, 0.29) is 38.2 Å². The van der Waals surface area contributed by atoms with Gasteiger partial charge in [-0.05, 0) is 102 Å². The molecule has 0 atom stereocenters. The first-order chi connectivity index (χ1) is 42.3. The zero-order valence-corrected chi connectivity index (χ0v) is 48.0. The number of fused-ring (bicyclic) bond motifs is 6. The third kappa shape index (κ3) is 13.1. The predicted molar refractivity (Wildman–Crippen MR) is 331 cm³/mol. The highest BCUT2D eigenvalue weighted by molar-refractivity contribution is 6.11. The molecule has 0 spiro atoms. The van der Waals surface area contributed by atoms with Gasteiger partial charge in [-0.15, -0.1) is 0 Å². The summed E-state index contributed by atoms with van der Waals surface area (Å²) in [4.78, 5) is 26.6. The molecule has 0 unspecified atom stereocenters. The minimum absolute atomic E-state index is 0.223. The molecule has 0 aromatic heterocycles. The van der Waals surface area contributed by atoms with Gasteiger partial charge in [0.05, 0.1) is 0 Å². The van der Waals surface area contributed by atoms with Crippen molar-refractivity contribution in [3.8, 4) is 45.3 Å². The van der Waals surface area contributed by atoms with Crippen molar-refractivity contribution in [2.75, 3.05) is 26.3 Å². The Kier molecular flexibility index (Phi) is 18.3. The average Bonchev–Trinajstić information content (AvgIpc) is 0.797. The van der Waals surface area contributed by atoms with E-state index in [1.54, 1.807) is 12.1 Å². The van der Waals surface area contributed by atoms with Gasteiger partial charge in [0.1, 0.15) is 36.2 Å². The second-order valence-electron chi connectivity index (χ2n) is 22.2. The van der Waals surface area contributed by atoms with Gasteiger partial charge < -0.3 is 29.6 Å². The van der Waals surface area contributed by atoms with Crippen LogP contribution in [0.1, 0.15) is 86.5 Å². The molecular formula is C73H66F6N2O6. The van der Waals surface area contributed by atoms with Gasteiger partial charge in [0.2, 0.25) is 5.41 Å². The van der Waals surface area contributed by atoms with Gasteiger partial charge in [0, 0.05) is 35.3 Å². The van der Waals surface area contributed by atoms with E-state index in [9.17, 15) is 9.59 Å². The van der Waals surface area contributed by atoms with Crippen molar-refractivity contribution in [3.05, 3.63) is 216 Å². The van der Waals surface area contributed by atoms with Crippen molar-refractivity contribution in [1.82, 2.24) is 10.6 Å². The van der Waals surface area contributed by atoms with Crippen molar-refractivity contribution in [3.63, 3.8) is 0 Å². The average molecular weight is 1180 g/mol. The monoisotopic (exact) mass is 1180 g/mol. The molecule has 4 bridgehead atoms. The molecule has 13 rings (SSSR count). The fraction of sp³-hybridized carbons (Fsp3) is 0.260. The van der Waals surface area contributed by atoms with Crippen LogP contribution in [0.3, 0.4) is 0 Å². The van der Waals surface area contributed by atoms with Crippen LogP contribution in [0.5, 0.6) is 23.0 Å². The van der Waals surface area contributed by atoms with E-state index in [0.717, 1.165) is 132 Å². The van der Waals surface area contributed by atoms with Crippen LogP contribution in [0.15, 0.2) is 194 Å². The summed E-state index contributed by atoms with van der Waals surface area (Å²) in [7, 11) is 0. The number of halogens is 6. The summed E-state index contributed by atoms with van der Waals surface area (Å²) >= 11 is 0. The molecule has 14 heteroatoms. The molecule has 446 valence electrons. The summed E-state index contributed by atoms with van der Waals surface area (Å²) in [5.74, 6) is 1.04.